The first kappa shape index (κ1) is 17.2. The summed E-state index contributed by atoms with van der Waals surface area (Å²) in [6.45, 7) is 8.83. The highest BCUT2D eigenvalue weighted by Gasteiger charge is 2.17. The Morgan fingerprint density at radius 2 is 1.96 bits per heavy atom. The Bertz CT molecular complexity index is 739. The molecule has 0 fully saturated rings. The smallest absolute Gasteiger partial charge is 0.280 e. The van der Waals surface area contributed by atoms with Gasteiger partial charge in [-0.3, -0.25) is 14.9 Å². The Morgan fingerprint density at radius 1 is 1.30 bits per heavy atom. The van der Waals surface area contributed by atoms with E-state index in [4.69, 9.17) is 0 Å². The van der Waals surface area contributed by atoms with Crippen LogP contribution >= 0.6 is 0 Å². The predicted molar refractivity (Wildman–Crippen MR) is 92.3 cm³/mol. The standard InChI is InChI=1S/C18H24FN3O/c1-5-6-16-17(13(4)20-11-12(2)3)18(23)22(21-16)15-9-7-14(19)8-10-15/h7-10,12,21H,5-6,11H2,1-4H3. The average Bonchev–Trinajstić information content (AvgIpc) is 2.83. The summed E-state index contributed by atoms with van der Waals surface area (Å²) < 4.78 is 14.6. The minimum Gasteiger partial charge on any atom is -0.294 e. The monoisotopic (exact) mass is 317 g/mol. The second-order valence-electron chi connectivity index (χ2n) is 6.15. The van der Waals surface area contributed by atoms with E-state index in [1.165, 1.54) is 16.8 Å². The van der Waals surface area contributed by atoms with Crippen molar-refractivity contribution >= 4 is 5.71 Å². The lowest BCUT2D eigenvalue weighted by Crippen LogP contribution is -2.20. The van der Waals surface area contributed by atoms with E-state index in [9.17, 15) is 9.18 Å². The molecule has 1 aromatic carbocycles. The minimum absolute atomic E-state index is 0.134. The lowest BCUT2D eigenvalue weighted by Gasteiger charge is -2.03. The Hall–Kier alpha value is -2.17. The van der Waals surface area contributed by atoms with Crippen molar-refractivity contribution < 1.29 is 4.39 Å². The largest absolute Gasteiger partial charge is 0.294 e. The van der Waals surface area contributed by atoms with Crippen LogP contribution in [0.15, 0.2) is 34.1 Å². The van der Waals surface area contributed by atoms with Crippen LogP contribution in [0.5, 0.6) is 0 Å². The van der Waals surface area contributed by atoms with Gasteiger partial charge >= 0.3 is 0 Å². The molecule has 5 heteroatoms. The number of hydrogen-bond donors (Lipinski definition) is 1. The van der Waals surface area contributed by atoms with E-state index in [0.29, 0.717) is 23.7 Å². The first-order valence-electron chi connectivity index (χ1n) is 8.05. The number of rotatable bonds is 6. The molecule has 0 radical (unpaired) electrons. The number of aryl methyl sites for hydroxylation is 1. The maximum Gasteiger partial charge on any atom is 0.280 e. The number of hydrogen-bond acceptors (Lipinski definition) is 2. The molecule has 1 heterocycles. The molecule has 0 unspecified atom stereocenters. The zero-order chi connectivity index (χ0) is 17.0. The summed E-state index contributed by atoms with van der Waals surface area (Å²) >= 11 is 0. The maximum absolute atomic E-state index is 13.1. The summed E-state index contributed by atoms with van der Waals surface area (Å²) in [5.41, 5.74) is 2.76. The van der Waals surface area contributed by atoms with Crippen LogP contribution in [-0.2, 0) is 6.42 Å². The van der Waals surface area contributed by atoms with Crippen LogP contribution in [0.2, 0.25) is 0 Å². The fraction of sp³-hybridized carbons (Fsp3) is 0.444. The van der Waals surface area contributed by atoms with Gasteiger partial charge in [0.2, 0.25) is 0 Å². The van der Waals surface area contributed by atoms with Crippen molar-refractivity contribution in [2.75, 3.05) is 6.54 Å². The molecule has 0 aliphatic carbocycles. The average molecular weight is 317 g/mol. The number of nitrogens with zero attached hydrogens (tertiary/aromatic N) is 2. The highest BCUT2D eigenvalue weighted by atomic mass is 19.1. The number of nitrogens with one attached hydrogen (secondary N) is 1. The molecular weight excluding hydrogens is 293 g/mol. The van der Waals surface area contributed by atoms with Gasteiger partial charge in [-0.15, -0.1) is 0 Å². The third kappa shape index (κ3) is 3.97. The molecule has 23 heavy (non-hydrogen) atoms. The highest BCUT2D eigenvalue weighted by molar-refractivity contribution is 5.99. The van der Waals surface area contributed by atoms with Crippen LogP contribution in [0.1, 0.15) is 45.4 Å². The van der Waals surface area contributed by atoms with Gasteiger partial charge in [0, 0.05) is 18.0 Å². The molecule has 2 rings (SSSR count). The van der Waals surface area contributed by atoms with Crippen LogP contribution in [0.4, 0.5) is 4.39 Å². The Morgan fingerprint density at radius 3 is 2.52 bits per heavy atom. The first-order valence-corrected chi connectivity index (χ1v) is 8.05. The van der Waals surface area contributed by atoms with Crippen molar-refractivity contribution in [2.24, 2.45) is 10.9 Å². The quantitative estimate of drug-likeness (QED) is 0.811. The number of aromatic amines is 1. The molecule has 2 aromatic rings. The Balaban J connectivity index is 2.51. The lowest BCUT2D eigenvalue weighted by atomic mass is 10.1. The van der Waals surface area contributed by atoms with Gasteiger partial charge in [-0.2, -0.15) is 0 Å². The van der Waals surface area contributed by atoms with Gasteiger partial charge in [0.15, 0.2) is 0 Å². The van der Waals surface area contributed by atoms with Crippen molar-refractivity contribution in [3.63, 3.8) is 0 Å². The summed E-state index contributed by atoms with van der Waals surface area (Å²) in [4.78, 5) is 17.3. The molecule has 0 aliphatic rings. The van der Waals surface area contributed by atoms with Crippen molar-refractivity contribution in [1.29, 1.82) is 0 Å². The van der Waals surface area contributed by atoms with Crippen molar-refractivity contribution in [2.45, 2.75) is 40.5 Å². The highest BCUT2D eigenvalue weighted by Crippen LogP contribution is 2.12. The predicted octanol–water partition coefficient (Wildman–Crippen LogP) is 3.72. The lowest BCUT2D eigenvalue weighted by molar-refractivity contribution is 0.626. The van der Waals surface area contributed by atoms with Gasteiger partial charge < -0.3 is 0 Å². The van der Waals surface area contributed by atoms with E-state index in [2.05, 4.69) is 30.9 Å². The van der Waals surface area contributed by atoms with Gasteiger partial charge in [-0.05, 0) is 43.5 Å². The van der Waals surface area contributed by atoms with Crippen LogP contribution in [0, 0.1) is 11.7 Å². The van der Waals surface area contributed by atoms with Gasteiger partial charge in [0.05, 0.1) is 11.3 Å². The van der Waals surface area contributed by atoms with Crippen LogP contribution in [-0.4, -0.2) is 22.0 Å². The number of benzene rings is 1. The van der Waals surface area contributed by atoms with E-state index >= 15 is 0 Å². The molecule has 0 saturated carbocycles. The van der Waals surface area contributed by atoms with Crippen molar-refractivity contribution in [3.8, 4) is 5.69 Å². The maximum atomic E-state index is 13.1. The number of H-pyrrole nitrogens is 1. The summed E-state index contributed by atoms with van der Waals surface area (Å²) in [5.74, 6) is 0.120. The summed E-state index contributed by atoms with van der Waals surface area (Å²) in [5, 5.41) is 3.16. The zero-order valence-corrected chi connectivity index (χ0v) is 14.2. The van der Waals surface area contributed by atoms with Gasteiger partial charge in [0.25, 0.3) is 5.56 Å². The van der Waals surface area contributed by atoms with Crippen LogP contribution < -0.4 is 5.56 Å². The third-order valence-electron chi connectivity index (χ3n) is 3.61. The van der Waals surface area contributed by atoms with Crippen LogP contribution in [0.25, 0.3) is 5.69 Å². The molecule has 0 spiro atoms. The first-order chi connectivity index (χ1) is 10.9. The number of aromatic nitrogens is 2. The van der Waals surface area contributed by atoms with Gasteiger partial charge in [-0.1, -0.05) is 27.2 Å². The second kappa shape index (κ2) is 7.40. The Labute approximate surface area is 136 Å². The number of halogens is 1. The number of aliphatic imine (C=N–C) groups is 1. The van der Waals surface area contributed by atoms with E-state index in [1.807, 2.05) is 6.92 Å². The van der Waals surface area contributed by atoms with Gasteiger partial charge in [0.1, 0.15) is 5.82 Å². The van der Waals surface area contributed by atoms with E-state index < -0.39 is 0 Å². The summed E-state index contributed by atoms with van der Waals surface area (Å²) in [6.07, 6.45) is 1.70. The Kier molecular flexibility index (Phi) is 5.53. The van der Waals surface area contributed by atoms with E-state index in [0.717, 1.165) is 24.2 Å². The molecule has 0 amide bonds. The minimum atomic E-state index is -0.322. The normalized spacial score (nSPS) is 12.2. The topological polar surface area (TPSA) is 50.1 Å². The fourth-order valence-electron chi connectivity index (χ4n) is 2.46. The molecule has 0 aliphatic heterocycles. The zero-order valence-electron chi connectivity index (χ0n) is 14.2. The molecule has 1 N–H and O–H groups in total. The third-order valence-corrected chi connectivity index (χ3v) is 3.61. The molecule has 124 valence electrons. The van der Waals surface area contributed by atoms with Crippen molar-refractivity contribution in [1.82, 2.24) is 9.78 Å². The van der Waals surface area contributed by atoms with Gasteiger partial charge in [-0.25, -0.2) is 9.07 Å². The molecule has 0 saturated heterocycles. The fourth-order valence-corrected chi connectivity index (χ4v) is 2.46. The van der Waals surface area contributed by atoms with E-state index in [-0.39, 0.29) is 11.4 Å². The molecule has 0 bridgehead atoms. The van der Waals surface area contributed by atoms with Crippen LogP contribution in [0.3, 0.4) is 0 Å². The second-order valence-corrected chi connectivity index (χ2v) is 6.15. The summed E-state index contributed by atoms with van der Waals surface area (Å²) in [7, 11) is 0. The van der Waals surface area contributed by atoms with E-state index in [1.54, 1.807) is 12.1 Å². The molecule has 1 aromatic heterocycles. The SMILES string of the molecule is CCCc1[nH]n(-c2ccc(F)cc2)c(=O)c1C(C)=NCC(C)C. The molecule has 4 nitrogen and oxygen atoms in total. The molecular formula is C18H24FN3O. The molecule has 0 atom stereocenters. The van der Waals surface area contributed by atoms with Crippen molar-refractivity contribution in [3.05, 3.63) is 51.7 Å². The summed E-state index contributed by atoms with van der Waals surface area (Å²) in [6, 6.07) is 5.88.